The van der Waals surface area contributed by atoms with Crippen LogP contribution in [-0.2, 0) is 30.7 Å². The molecule has 0 radical (unpaired) electrons. The van der Waals surface area contributed by atoms with Crippen LogP contribution in [0.2, 0.25) is 0 Å². The van der Waals surface area contributed by atoms with Gasteiger partial charge in [-0.3, -0.25) is 14.2 Å². The van der Waals surface area contributed by atoms with Crippen LogP contribution >= 0.6 is 11.8 Å². The first-order valence-electron chi connectivity index (χ1n) is 14.0. The molecule has 0 unspecified atom stereocenters. The van der Waals surface area contributed by atoms with Gasteiger partial charge in [0.15, 0.2) is 11.0 Å². The van der Waals surface area contributed by atoms with Crippen LogP contribution in [-0.4, -0.2) is 53.9 Å². The van der Waals surface area contributed by atoms with E-state index in [1.807, 2.05) is 30.3 Å². The van der Waals surface area contributed by atoms with E-state index in [1.165, 1.54) is 11.0 Å². The van der Waals surface area contributed by atoms with Gasteiger partial charge in [-0.05, 0) is 30.5 Å². The number of thioether (sulfide) groups is 1. The molecule has 2 aliphatic rings. The summed E-state index contributed by atoms with van der Waals surface area (Å²) in [4.78, 5) is 37.9. The zero-order chi connectivity index (χ0) is 28.2. The summed E-state index contributed by atoms with van der Waals surface area (Å²) in [6.45, 7) is 1.53. The second-order valence-electron chi connectivity index (χ2n) is 10.4. The number of aromatic nitrogens is 4. The second-order valence-corrected chi connectivity index (χ2v) is 11.6. The molecule has 10 nitrogen and oxygen atoms in total. The van der Waals surface area contributed by atoms with Crippen LogP contribution < -0.4 is 10.9 Å². The predicted molar refractivity (Wildman–Crippen MR) is 154 cm³/mol. The quantitative estimate of drug-likeness (QED) is 0.216. The zero-order valence-electron chi connectivity index (χ0n) is 22.7. The summed E-state index contributed by atoms with van der Waals surface area (Å²) in [5.74, 6) is 1.07. The van der Waals surface area contributed by atoms with Crippen molar-refractivity contribution in [2.75, 3.05) is 13.1 Å². The number of hydrogen-bond donors (Lipinski definition) is 2. The molecule has 1 saturated carbocycles. The third-order valence-corrected chi connectivity index (χ3v) is 8.80. The Kier molecular flexibility index (Phi) is 8.15. The molecule has 4 aromatic rings. The maximum absolute atomic E-state index is 13.8. The smallest absolute Gasteiger partial charge is 0.264 e. The number of benzene rings is 2. The van der Waals surface area contributed by atoms with Gasteiger partial charge in [-0.15, -0.1) is 0 Å². The number of amides is 1. The first-order valence-corrected chi connectivity index (χ1v) is 14.9. The molecule has 0 bridgehead atoms. The second kappa shape index (κ2) is 12.3. The highest BCUT2D eigenvalue weighted by Gasteiger charge is 2.29. The maximum atomic E-state index is 13.8. The average Bonchev–Trinajstić information content (AvgIpc) is 3.41. The van der Waals surface area contributed by atoms with Crippen LogP contribution in [0.25, 0.3) is 5.69 Å². The fraction of sp³-hybridized carbons (Fsp3) is 0.367. The molecule has 3 heterocycles. The summed E-state index contributed by atoms with van der Waals surface area (Å²) in [7, 11) is 0. The molecule has 2 N–H and O–H groups in total. The van der Waals surface area contributed by atoms with E-state index in [4.69, 9.17) is 9.51 Å². The predicted octanol–water partition coefficient (Wildman–Crippen LogP) is 3.62. The first-order chi connectivity index (χ1) is 20.0. The Morgan fingerprint density at radius 1 is 1.10 bits per heavy atom. The number of phenolic OH excluding ortho intramolecular Hbond substituents is 1. The molecular formula is C30H32N6O4S. The van der Waals surface area contributed by atoms with Gasteiger partial charge in [0.05, 0.1) is 30.0 Å². The highest BCUT2D eigenvalue weighted by atomic mass is 32.2. The molecular weight excluding hydrogens is 540 g/mol. The van der Waals surface area contributed by atoms with E-state index in [0.29, 0.717) is 65.8 Å². The Hall–Kier alpha value is -3.96. The van der Waals surface area contributed by atoms with Crippen molar-refractivity contribution in [3.05, 3.63) is 93.5 Å². The number of nitrogens with zero attached hydrogens (tertiary/aromatic N) is 5. The lowest BCUT2D eigenvalue weighted by molar-refractivity contribution is -0.132. The molecule has 1 aliphatic heterocycles. The van der Waals surface area contributed by atoms with Crippen LogP contribution in [0.1, 0.15) is 54.2 Å². The summed E-state index contributed by atoms with van der Waals surface area (Å²) in [5.41, 5.74) is 2.55. The minimum atomic E-state index is -0.225. The van der Waals surface area contributed by atoms with Crippen LogP contribution in [0.3, 0.4) is 0 Å². The van der Waals surface area contributed by atoms with Crippen LogP contribution in [0, 0.1) is 0 Å². The summed E-state index contributed by atoms with van der Waals surface area (Å²) in [6, 6.07) is 16.8. The van der Waals surface area contributed by atoms with Gasteiger partial charge >= 0.3 is 0 Å². The normalized spacial score (nSPS) is 15.0. The molecule has 11 heteroatoms. The standard InChI is InChI=1S/C30H32N6O4S/c37-25-12-5-4-11-24(25)36-29(39)22-19-35(16-14-23(22)32-30(36)41-21-9-6-10-21)28(38)13-15-31-18-27-33-26(34-40-27)17-20-7-2-1-3-8-20/h1-5,7-8,11-12,21,31,37H,6,9-10,13-19H2. The maximum Gasteiger partial charge on any atom is 0.264 e. The third kappa shape index (κ3) is 6.20. The number of rotatable bonds is 10. The average molecular weight is 573 g/mol. The van der Waals surface area contributed by atoms with Crippen molar-refractivity contribution in [3.63, 3.8) is 0 Å². The van der Waals surface area contributed by atoms with E-state index in [2.05, 4.69) is 15.5 Å². The van der Waals surface area contributed by atoms with Crippen molar-refractivity contribution in [1.29, 1.82) is 0 Å². The summed E-state index contributed by atoms with van der Waals surface area (Å²) >= 11 is 1.60. The van der Waals surface area contributed by atoms with E-state index in [9.17, 15) is 14.7 Å². The van der Waals surface area contributed by atoms with Crippen molar-refractivity contribution in [1.82, 2.24) is 29.9 Å². The number of hydrogen-bond acceptors (Lipinski definition) is 9. The van der Waals surface area contributed by atoms with E-state index >= 15 is 0 Å². The van der Waals surface area contributed by atoms with Gasteiger partial charge in [-0.2, -0.15) is 4.98 Å². The van der Waals surface area contributed by atoms with Crippen LogP contribution in [0.5, 0.6) is 5.75 Å². The molecule has 0 atom stereocenters. The molecule has 212 valence electrons. The molecule has 0 saturated heterocycles. The molecule has 2 aromatic carbocycles. The highest BCUT2D eigenvalue weighted by molar-refractivity contribution is 7.99. The van der Waals surface area contributed by atoms with E-state index < -0.39 is 0 Å². The van der Waals surface area contributed by atoms with Gasteiger partial charge in [-0.1, -0.05) is 65.8 Å². The first kappa shape index (κ1) is 27.2. The van der Waals surface area contributed by atoms with E-state index in [0.717, 1.165) is 24.1 Å². The van der Waals surface area contributed by atoms with Crippen LogP contribution in [0.15, 0.2) is 69.1 Å². The van der Waals surface area contributed by atoms with E-state index in [1.54, 1.807) is 40.9 Å². The summed E-state index contributed by atoms with van der Waals surface area (Å²) in [5, 5.41) is 18.8. The van der Waals surface area contributed by atoms with Crippen molar-refractivity contribution in [2.45, 2.75) is 62.0 Å². The zero-order valence-corrected chi connectivity index (χ0v) is 23.5. The van der Waals surface area contributed by atoms with Gasteiger partial charge in [-0.25, -0.2) is 4.98 Å². The Balaban J connectivity index is 1.08. The fourth-order valence-electron chi connectivity index (χ4n) is 5.01. The number of phenols is 1. The molecule has 41 heavy (non-hydrogen) atoms. The minimum Gasteiger partial charge on any atom is -0.506 e. The van der Waals surface area contributed by atoms with Crippen molar-refractivity contribution < 1.29 is 14.4 Å². The Labute approximate surface area is 241 Å². The van der Waals surface area contributed by atoms with E-state index in [-0.39, 0.29) is 30.2 Å². The molecule has 1 amide bonds. The number of carbonyl (C=O) groups excluding carboxylic acids is 1. The molecule has 0 spiro atoms. The number of para-hydroxylation sites is 2. The number of carbonyl (C=O) groups is 1. The number of nitrogens with one attached hydrogen (secondary N) is 1. The Morgan fingerprint density at radius 3 is 2.68 bits per heavy atom. The SMILES string of the molecule is O=C(CCNCc1nc(Cc2ccccc2)no1)N1CCc2nc(SC3CCC3)n(-c3ccccc3O)c(=O)c2C1. The van der Waals surface area contributed by atoms with Gasteiger partial charge < -0.3 is 19.8 Å². The molecule has 1 fully saturated rings. The van der Waals surface area contributed by atoms with Crippen molar-refractivity contribution in [3.8, 4) is 11.4 Å². The van der Waals surface area contributed by atoms with Crippen molar-refractivity contribution in [2.24, 2.45) is 0 Å². The lowest BCUT2D eigenvalue weighted by Gasteiger charge is -2.30. The summed E-state index contributed by atoms with van der Waals surface area (Å²) in [6.07, 6.45) is 4.76. The monoisotopic (exact) mass is 572 g/mol. The molecule has 6 rings (SSSR count). The molecule has 2 aromatic heterocycles. The Morgan fingerprint density at radius 2 is 1.90 bits per heavy atom. The third-order valence-electron chi connectivity index (χ3n) is 7.51. The number of aromatic hydroxyl groups is 1. The van der Waals surface area contributed by atoms with Gasteiger partial charge in [0, 0.05) is 37.6 Å². The Bertz CT molecular complexity index is 1580. The number of fused-ring (bicyclic) bond motifs is 1. The van der Waals surface area contributed by atoms with Crippen LogP contribution in [0.4, 0.5) is 0 Å². The largest absolute Gasteiger partial charge is 0.506 e. The lowest BCUT2D eigenvalue weighted by Crippen LogP contribution is -2.42. The van der Waals surface area contributed by atoms with Crippen molar-refractivity contribution >= 4 is 17.7 Å². The highest BCUT2D eigenvalue weighted by Crippen LogP contribution is 2.37. The molecule has 1 aliphatic carbocycles. The van der Waals surface area contributed by atoms with Gasteiger partial charge in [0.2, 0.25) is 11.8 Å². The fourth-order valence-corrected chi connectivity index (χ4v) is 6.33. The minimum absolute atomic E-state index is 0.0232. The van der Waals surface area contributed by atoms with Gasteiger partial charge in [0.1, 0.15) is 5.75 Å². The topological polar surface area (TPSA) is 126 Å². The summed E-state index contributed by atoms with van der Waals surface area (Å²) < 4.78 is 6.85. The lowest BCUT2D eigenvalue weighted by atomic mass is 10.0. The van der Waals surface area contributed by atoms with Gasteiger partial charge in [0.25, 0.3) is 5.56 Å².